The van der Waals surface area contributed by atoms with Crippen LogP contribution in [0.3, 0.4) is 0 Å². The van der Waals surface area contributed by atoms with E-state index in [2.05, 4.69) is 0 Å². The van der Waals surface area contributed by atoms with Crippen LogP contribution >= 0.6 is 0 Å². The minimum absolute atomic E-state index is 0. The smallest absolute Gasteiger partial charge is 0.744 e. The van der Waals surface area contributed by atoms with E-state index in [1.165, 1.54) is 72.8 Å². The normalized spacial score (nSPS) is 11.0. The molecule has 0 aliphatic heterocycles. The quantitative estimate of drug-likeness (QED) is 0.258. The predicted octanol–water partition coefficient (Wildman–Crippen LogP) is 0.519. The molecule has 0 saturated carbocycles. The fraction of sp³-hybridized carbons (Fsp3) is 0. The van der Waals surface area contributed by atoms with E-state index in [9.17, 15) is 38.9 Å². The average molecular weight is 657 g/mol. The summed E-state index contributed by atoms with van der Waals surface area (Å²) in [6.07, 6.45) is 0. The van der Waals surface area contributed by atoms with Crippen LogP contribution in [0.15, 0.2) is 87.5 Å². The second-order valence-corrected chi connectivity index (χ2v) is 10.2. The zero-order chi connectivity index (χ0) is 25.4. The molecule has 3 aromatic rings. The molecule has 0 saturated heterocycles. The maximum absolute atomic E-state index is 10.3. The van der Waals surface area contributed by atoms with Crippen molar-refractivity contribution >= 4 is 47.4 Å². The van der Waals surface area contributed by atoms with E-state index in [1.54, 1.807) is 0 Å². The zero-order valence-electron chi connectivity index (χ0n) is 17.1. The van der Waals surface area contributed by atoms with Crippen LogP contribution in [0.2, 0.25) is 0 Å². The fourth-order valence-corrected chi connectivity index (χ4v) is 3.31. The van der Waals surface area contributed by atoms with E-state index in [1.807, 2.05) is 0 Å². The van der Waals surface area contributed by atoms with Gasteiger partial charge in [0.15, 0.2) is 0 Å². The van der Waals surface area contributed by atoms with E-state index < -0.39 is 30.4 Å². The monoisotopic (exact) mass is 656 g/mol. The second kappa shape index (κ2) is 13.3. The SMILES string of the molecule is Nc1ccc(S(=O)(=O)[O-])cc1.Nc1ccc(S(=O)(=O)[O-])cc1.Nc1ccc(S(=O)(=O)[O-])cc1.[Ce+3]. The molecule has 0 spiro atoms. The largest absolute Gasteiger partial charge is 3.00 e. The van der Waals surface area contributed by atoms with Gasteiger partial charge in [0, 0.05) is 17.1 Å². The number of nitrogens with two attached hydrogens (primary N) is 3. The van der Waals surface area contributed by atoms with Crippen LogP contribution in [0.25, 0.3) is 0 Å². The Morgan fingerprint density at radius 1 is 0.412 bits per heavy atom. The summed E-state index contributed by atoms with van der Waals surface area (Å²) >= 11 is 0. The summed E-state index contributed by atoms with van der Waals surface area (Å²) < 4.78 is 93.1. The van der Waals surface area contributed by atoms with Crippen molar-refractivity contribution in [3.63, 3.8) is 0 Å². The molecule has 0 bridgehead atoms. The van der Waals surface area contributed by atoms with Gasteiger partial charge in [0.25, 0.3) is 0 Å². The maximum Gasteiger partial charge on any atom is 3.00 e. The third-order valence-corrected chi connectivity index (χ3v) is 6.05. The van der Waals surface area contributed by atoms with Crippen LogP contribution in [-0.4, -0.2) is 38.9 Å². The molecular weight excluding hydrogens is 639 g/mol. The first-order valence-electron chi connectivity index (χ1n) is 8.44. The van der Waals surface area contributed by atoms with Gasteiger partial charge in [-0.15, -0.1) is 0 Å². The molecule has 3 aromatic carbocycles. The maximum atomic E-state index is 10.3. The van der Waals surface area contributed by atoms with Gasteiger partial charge in [0.1, 0.15) is 30.4 Å². The molecule has 0 amide bonds. The Kier molecular flexibility index (Phi) is 12.6. The molecule has 0 heterocycles. The zero-order valence-corrected chi connectivity index (χ0v) is 22.6. The van der Waals surface area contributed by atoms with Crippen molar-refractivity contribution < 1.29 is 80.7 Å². The van der Waals surface area contributed by atoms with E-state index in [0.717, 1.165) is 0 Å². The number of hydrogen-bond acceptors (Lipinski definition) is 12. The van der Waals surface area contributed by atoms with Gasteiger partial charge >= 0.3 is 41.7 Å². The number of rotatable bonds is 3. The molecular formula is C18H18CeN3O9S3. The standard InChI is InChI=1S/3C6H7NO3S.Ce/c3*7-5-1-3-6(4-2-5)11(8,9)10;/h3*1-4H,7H2,(H,8,9,10);/q;;;+3/p-3. The van der Waals surface area contributed by atoms with Gasteiger partial charge in [-0.2, -0.15) is 0 Å². The fourth-order valence-electron chi connectivity index (χ4n) is 1.90. The molecule has 12 nitrogen and oxygen atoms in total. The minimum Gasteiger partial charge on any atom is -0.744 e. The molecule has 1 radical (unpaired) electrons. The molecule has 0 fully saturated rings. The van der Waals surface area contributed by atoms with Crippen LogP contribution < -0.4 is 17.2 Å². The van der Waals surface area contributed by atoms with Gasteiger partial charge in [0.05, 0.1) is 14.7 Å². The number of nitrogen functional groups attached to an aromatic ring is 3. The molecule has 0 aliphatic carbocycles. The molecule has 0 aromatic heterocycles. The topological polar surface area (TPSA) is 250 Å². The van der Waals surface area contributed by atoms with Crippen molar-refractivity contribution in [1.82, 2.24) is 0 Å². The number of anilines is 3. The van der Waals surface area contributed by atoms with Gasteiger partial charge in [-0.3, -0.25) is 0 Å². The van der Waals surface area contributed by atoms with Crippen molar-refractivity contribution in [3.8, 4) is 0 Å². The first-order valence-corrected chi connectivity index (χ1v) is 12.7. The second-order valence-electron chi connectivity index (χ2n) is 6.07. The van der Waals surface area contributed by atoms with Crippen LogP contribution in [0.5, 0.6) is 0 Å². The van der Waals surface area contributed by atoms with Crippen molar-refractivity contribution in [2.24, 2.45) is 0 Å². The van der Waals surface area contributed by atoms with Crippen LogP contribution in [0, 0.1) is 41.7 Å². The van der Waals surface area contributed by atoms with Crippen molar-refractivity contribution in [1.29, 1.82) is 0 Å². The van der Waals surface area contributed by atoms with Gasteiger partial charge in [-0.25, -0.2) is 25.3 Å². The third kappa shape index (κ3) is 12.0. The van der Waals surface area contributed by atoms with Gasteiger partial charge in [-0.05, 0) is 72.8 Å². The van der Waals surface area contributed by atoms with E-state index in [4.69, 9.17) is 17.2 Å². The first kappa shape index (κ1) is 32.2. The summed E-state index contributed by atoms with van der Waals surface area (Å²) in [6.45, 7) is 0. The average Bonchev–Trinajstić information content (AvgIpc) is 2.68. The van der Waals surface area contributed by atoms with Crippen LogP contribution in [-0.2, 0) is 30.4 Å². The Morgan fingerprint density at radius 3 is 0.676 bits per heavy atom. The Morgan fingerprint density at radius 2 is 0.559 bits per heavy atom. The van der Waals surface area contributed by atoms with Gasteiger partial charge in [0.2, 0.25) is 0 Å². The summed E-state index contributed by atoms with van der Waals surface area (Å²) in [5.74, 6) is 0. The summed E-state index contributed by atoms with van der Waals surface area (Å²) in [5, 5.41) is 0. The third-order valence-electron chi connectivity index (χ3n) is 3.51. The van der Waals surface area contributed by atoms with Crippen LogP contribution in [0.1, 0.15) is 0 Å². The Labute approximate surface area is 230 Å². The number of benzene rings is 3. The molecule has 34 heavy (non-hydrogen) atoms. The molecule has 181 valence electrons. The minimum atomic E-state index is -4.33. The first-order chi connectivity index (χ1) is 15.0. The van der Waals surface area contributed by atoms with Crippen LogP contribution in [0.4, 0.5) is 17.1 Å². The van der Waals surface area contributed by atoms with E-state index in [-0.39, 0.29) is 56.4 Å². The Balaban J connectivity index is 0.000000473. The van der Waals surface area contributed by atoms with E-state index in [0.29, 0.717) is 17.1 Å². The molecule has 16 heteroatoms. The predicted molar refractivity (Wildman–Crippen MR) is 116 cm³/mol. The summed E-state index contributed by atoms with van der Waals surface area (Å²) in [7, 11) is -13.0. The summed E-state index contributed by atoms with van der Waals surface area (Å²) in [6, 6.07) is 15.3. The van der Waals surface area contributed by atoms with Crippen molar-refractivity contribution in [2.45, 2.75) is 14.7 Å². The summed E-state index contributed by atoms with van der Waals surface area (Å²) in [5.41, 5.74) is 17.1. The Hall–Kier alpha value is -1.83. The summed E-state index contributed by atoms with van der Waals surface area (Å²) in [4.78, 5) is -0.773. The van der Waals surface area contributed by atoms with Crippen molar-refractivity contribution in [3.05, 3.63) is 72.8 Å². The molecule has 3 rings (SSSR count). The van der Waals surface area contributed by atoms with Crippen molar-refractivity contribution in [2.75, 3.05) is 17.2 Å². The Bertz CT molecular complexity index is 1200. The van der Waals surface area contributed by atoms with Gasteiger partial charge in [-0.1, -0.05) is 0 Å². The number of hydrogen-bond donors (Lipinski definition) is 3. The molecule has 0 atom stereocenters. The van der Waals surface area contributed by atoms with E-state index >= 15 is 0 Å². The molecule has 0 unspecified atom stereocenters. The molecule has 0 aliphatic rings. The van der Waals surface area contributed by atoms with Gasteiger partial charge < -0.3 is 30.9 Å². The molecule has 6 N–H and O–H groups in total.